The van der Waals surface area contributed by atoms with E-state index in [1.165, 1.54) is 32.8 Å². The number of hydrogen-bond donors (Lipinski definition) is 1. The van der Waals surface area contributed by atoms with Crippen molar-refractivity contribution < 1.29 is 4.98 Å². The highest BCUT2D eigenvalue weighted by Crippen LogP contribution is 2.39. The Morgan fingerprint density at radius 2 is 1.84 bits per heavy atom. The van der Waals surface area contributed by atoms with Gasteiger partial charge in [0, 0.05) is 12.0 Å². The fourth-order valence-corrected chi connectivity index (χ4v) is 3.62. The van der Waals surface area contributed by atoms with Crippen LogP contribution in [0.25, 0.3) is 22.4 Å². The maximum atomic E-state index is 5.83. The third kappa shape index (κ3) is 1.66. The molecule has 4 rings (SSSR count). The minimum Gasteiger partial charge on any atom is -0.278 e. The van der Waals surface area contributed by atoms with E-state index in [0.29, 0.717) is 0 Å². The molecule has 1 aliphatic carbocycles. The van der Waals surface area contributed by atoms with Gasteiger partial charge in [-0.25, -0.2) is 4.98 Å². The first-order valence-corrected chi connectivity index (χ1v) is 7.12. The van der Waals surface area contributed by atoms with E-state index in [4.69, 9.17) is 5.73 Å². The van der Waals surface area contributed by atoms with E-state index in [-0.39, 0.29) is 0 Å². The molecule has 92 valence electrons. The van der Waals surface area contributed by atoms with Crippen molar-refractivity contribution in [2.24, 2.45) is 0 Å². The standard InChI is InChI=1S/C16H12N2S/c17-16-18-15-13-7-6-11(10-4-2-1-3-5-10)8-12(13)9-14(15)19-16/h1-8H,9H2,(H2,17,18)/p+1. The highest BCUT2D eigenvalue weighted by atomic mass is 32.1. The van der Waals surface area contributed by atoms with Crippen LogP contribution in [0.15, 0.2) is 48.5 Å². The molecule has 0 amide bonds. The molecule has 0 bridgehead atoms. The van der Waals surface area contributed by atoms with E-state index >= 15 is 0 Å². The summed E-state index contributed by atoms with van der Waals surface area (Å²) in [4.78, 5) is 4.61. The van der Waals surface area contributed by atoms with Gasteiger partial charge in [0.1, 0.15) is 5.69 Å². The van der Waals surface area contributed by atoms with Crippen molar-refractivity contribution >= 4 is 16.5 Å². The van der Waals surface area contributed by atoms with Gasteiger partial charge in [-0.3, -0.25) is 5.73 Å². The number of thiazole rings is 1. The van der Waals surface area contributed by atoms with Crippen LogP contribution in [0, 0.1) is 0 Å². The molecule has 1 heterocycles. The molecule has 2 nitrogen and oxygen atoms in total. The second-order valence-corrected chi connectivity index (χ2v) is 5.94. The number of nitrogens with two attached hydrogens (primary N) is 1. The van der Waals surface area contributed by atoms with Crippen LogP contribution in [0.2, 0.25) is 0 Å². The number of aromatic amines is 1. The first-order valence-electron chi connectivity index (χ1n) is 6.30. The number of hydrogen-bond acceptors (Lipinski definition) is 2. The molecular formula is C16H13N2S+. The molecule has 1 aliphatic rings. The summed E-state index contributed by atoms with van der Waals surface area (Å²) in [7, 11) is 0. The minimum atomic E-state index is 0.794. The van der Waals surface area contributed by atoms with E-state index in [1.807, 2.05) is 6.07 Å². The van der Waals surface area contributed by atoms with Gasteiger partial charge in [-0.15, -0.1) is 0 Å². The Labute approximate surface area is 115 Å². The molecule has 0 aliphatic heterocycles. The minimum absolute atomic E-state index is 0.794. The number of nitrogen functional groups attached to an aromatic ring is 1. The molecule has 1 aromatic heterocycles. The summed E-state index contributed by atoms with van der Waals surface area (Å²) in [6.45, 7) is 0. The second-order valence-electron chi connectivity index (χ2n) is 4.80. The number of benzene rings is 2. The Morgan fingerprint density at radius 1 is 1.00 bits per heavy atom. The van der Waals surface area contributed by atoms with Crippen LogP contribution in [0.1, 0.15) is 10.4 Å². The average Bonchev–Trinajstić information content (AvgIpc) is 2.95. The molecule has 3 N–H and O–H groups in total. The topological polar surface area (TPSA) is 40.2 Å². The first-order chi connectivity index (χ1) is 9.31. The van der Waals surface area contributed by atoms with Gasteiger partial charge in [-0.1, -0.05) is 53.8 Å². The van der Waals surface area contributed by atoms with Gasteiger partial charge in [0.25, 0.3) is 0 Å². The molecule has 3 heteroatoms. The summed E-state index contributed by atoms with van der Waals surface area (Å²) in [6.07, 6.45) is 0.990. The largest absolute Gasteiger partial charge is 0.330 e. The summed E-state index contributed by atoms with van der Waals surface area (Å²) < 4.78 is 0. The SMILES string of the molecule is Nc1[nH+]c2c(s1)Cc1cc(-c3ccccc3)ccc1-2. The maximum Gasteiger partial charge on any atom is 0.330 e. The van der Waals surface area contributed by atoms with Gasteiger partial charge in [0.15, 0.2) is 0 Å². The molecule has 0 atom stereocenters. The number of nitrogens with one attached hydrogen (secondary N) is 1. The van der Waals surface area contributed by atoms with Crippen molar-refractivity contribution in [2.75, 3.05) is 5.73 Å². The molecule has 0 unspecified atom stereocenters. The molecule has 0 fully saturated rings. The highest BCUT2D eigenvalue weighted by Gasteiger charge is 2.25. The Hall–Kier alpha value is -2.13. The number of rotatable bonds is 1. The average molecular weight is 265 g/mol. The van der Waals surface area contributed by atoms with Crippen LogP contribution >= 0.6 is 11.3 Å². The van der Waals surface area contributed by atoms with Crippen molar-refractivity contribution in [3.8, 4) is 22.4 Å². The molecule has 3 aromatic rings. The number of H-pyrrole nitrogens is 1. The van der Waals surface area contributed by atoms with Crippen molar-refractivity contribution in [3.63, 3.8) is 0 Å². The predicted octanol–water partition coefficient (Wildman–Crippen LogP) is 3.38. The molecule has 19 heavy (non-hydrogen) atoms. The van der Waals surface area contributed by atoms with E-state index < -0.39 is 0 Å². The van der Waals surface area contributed by atoms with Gasteiger partial charge >= 0.3 is 5.13 Å². The normalized spacial score (nSPS) is 12.2. The molecule has 0 saturated carbocycles. The van der Waals surface area contributed by atoms with Crippen LogP contribution < -0.4 is 10.7 Å². The maximum absolute atomic E-state index is 5.83. The van der Waals surface area contributed by atoms with Gasteiger partial charge < -0.3 is 0 Å². The predicted molar refractivity (Wildman–Crippen MR) is 79.0 cm³/mol. The fraction of sp³-hybridized carbons (Fsp3) is 0.0625. The third-order valence-corrected chi connectivity index (χ3v) is 4.51. The van der Waals surface area contributed by atoms with Crippen LogP contribution in [0.4, 0.5) is 5.13 Å². The summed E-state index contributed by atoms with van der Waals surface area (Å²) >= 11 is 1.66. The van der Waals surface area contributed by atoms with Gasteiger partial charge in [-0.2, -0.15) is 0 Å². The van der Waals surface area contributed by atoms with Crippen molar-refractivity contribution in [2.45, 2.75) is 6.42 Å². The Kier molecular flexibility index (Phi) is 2.23. The zero-order valence-electron chi connectivity index (χ0n) is 10.3. The quantitative estimate of drug-likeness (QED) is 0.563. The summed E-state index contributed by atoms with van der Waals surface area (Å²) in [5, 5.41) is 0.794. The third-order valence-electron chi connectivity index (χ3n) is 3.59. The monoisotopic (exact) mass is 265 g/mol. The highest BCUT2D eigenvalue weighted by molar-refractivity contribution is 7.15. The van der Waals surface area contributed by atoms with Crippen LogP contribution in [-0.2, 0) is 6.42 Å². The van der Waals surface area contributed by atoms with Crippen LogP contribution in [-0.4, -0.2) is 0 Å². The smallest absolute Gasteiger partial charge is 0.278 e. The lowest BCUT2D eigenvalue weighted by atomic mass is 10.0. The van der Waals surface area contributed by atoms with E-state index in [9.17, 15) is 0 Å². The molecule has 2 aromatic carbocycles. The first kappa shape index (κ1) is 10.8. The number of fused-ring (bicyclic) bond motifs is 3. The van der Waals surface area contributed by atoms with E-state index in [2.05, 4.69) is 47.4 Å². The zero-order chi connectivity index (χ0) is 12.8. The fourth-order valence-electron chi connectivity index (χ4n) is 2.71. The van der Waals surface area contributed by atoms with Gasteiger partial charge in [-0.05, 0) is 22.8 Å². The van der Waals surface area contributed by atoms with E-state index in [0.717, 1.165) is 11.6 Å². The summed E-state index contributed by atoms with van der Waals surface area (Å²) in [5.74, 6) is 0. The zero-order valence-corrected chi connectivity index (χ0v) is 11.1. The Bertz CT molecular complexity index is 760. The lowest BCUT2D eigenvalue weighted by Gasteiger charge is -2.04. The molecule has 0 saturated heterocycles. The number of aromatic nitrogens is 1. The molecule has 0 radical (unpaired) electrons. The van der Waals surface area contributed by atoms with Gasteiger partial charge in [0.05, 0.1) is 4.88 Å². The van der Waals surface area contributed by atoms with Crippen molar-refractivity contribution in [3.05, 3.63) is 59.0 Å². The van der Waals surface area contributed by atoms with Crippen molar-refractivity contribution in [1.82, 2.24) is 0 Å². The van der Waals surface area contributed by atoms with E-state index in [1.54, 1.807) is 11.3 Å². The van der Waals surface area contributed by atoms with Crippen LogP contribution in [0.3, 0.4) is 0 Å². The van der Waals surface area contributed by atoms with Crippen molar-refractivity contribution in [1.29, 1.82) is 0 Å². The summed E-state index contributed by atoms with van der Waals surface area (Å²) in [6, 6.07) is 17.2. The molecular weight excluding hydrogens is 252 g/mol. The van der Waals surface area contributed by atoms with Gasteiger partial charge in [0.2, 0.25) is 0 Å². The summed E-state index contributed by atoms with van der Waals surface area (Å²) in [5.41, 5.74) is 12.3. The lowest BCUT2D eigenvalue weighted by molar-refractivity contribution is -0.340. The second kappa shape index (κ2) is 3.93. The number of anilines is 1. The Morgan fingerprint density at radius 3 is 2.68 bits per heavy atom. The molecule has 0 spiro atoms. The lowest BCUT2D eigenvalue weighted by Crippen LogP contribution is -2.06. The Balaban J connectivity index is 1.83. The van der Waals surface area contributed by atoms with Crippen LogP contribution in [0.5, 0.6) is 0 Å².